The van der Waals surface area contributed by atoms with E-state index in [9.17, 15) is 9.59 Å². The van der Waals surface area contributed by atoms with Gasteiger partial charge in [-0.3, -0.25) is 9.59 Å². The van der Waals surface area contributed by atoms with Crippen molar-refractivity contribution >= 4 is 27.9 Å². The highest BCUT2D eigenvalue weighted by Gasteiger charge is 2.38. The largest absolute Gasteiger partial charge is 0.481 e. The van der Waals surface area contributed by atoms with E-state index in [0.29, 0.717) is 12.8 Å². The first-order valence-corrected chi connectivity index (χ1v) is 5.03. The van der Waals surface area contributed by atoms with Crippen molar-refractivity contribution in [3.63, 3.8) is 0 Å². The minimum Gasteiger partial charge on any atom is -0.481 e. The lowest BCUT2D eigenvalue weighted by atomic mass is 9.79. The molecule has 1 fully saturated rings. The van der Waals surface area contributed by atoms with Crippen LogP contribution >= 0.6 is 15.9 Å². The maximum Gasteiger partial charge on any atom is 0.307 e. The molecule has 0 spiro atoms. The number of carbonyl (C=O) groups is 2. The SMILES string of the molecule is O=C(O)C1CCC(Br)CC1C(=O)O. The second-order valence-corrected chi connectivity index (χ2v) is 4.59. The highest BCUT2D eigenvalue weighted by molar-refractivity contribution is 9.09. The van der Waals surface area contributed by atoms with Crippen LogP contribution in [-0.2, 0) is 9.59 Å². The number of alkyl halides is 1. The third kappa shape index (κ3) is 2.43. The highest BCUT2D eigenvalue weighted by Crippen LogP contribution is 2.34. The minimum absolute atomic E-state index is 0.143. The van der Waals surface area contributed by atoms with Crippen LogP contribution in [0.15, 0.2) is 0 Å². The Bertz CT molecular complexity index is 228. The molecule has 4 nitrogen and oxygen atoms in total. The number of carboxylic acid groups (broad SMARTS) is 2. The van der Waals surface area contributed by atoms with Gasteiger partial charge in [-0.1, -0.05) is 15.9 Å². The van der Waals surface area contributed by atoms with Crippen LogP contribution in [0.4, 0.5) is 0 Å². The van der Waals surface area contributed by atoms with Crippen molar-refractivity contribution in [1.82, 2.24) is 0 Å². The van der Waals surface area contributed by atoms with Gasteiger partial charge in [0.2, 0.25) is 0 Å². The summed E-state index contributed by atoms with van der Waals surface area (Å²) >= 11 is 3.32. The Labute approximate surface area is 84.1 Å². The summed E-state index contributed by atoms with van der Waals surface area (Å²) in [5, 5.41) is 17.6. The van der Waals surface area contributed by atoms with Gasteiger partial charge in [0, 0.05) is 4.83 Å². The summed E-state index contributed by atoms with van der Waals surface area (Å²) in [6.07, 6.45) is 1.59. The van der Waals surface area contributed by atoms with E-state index in [2.05, 4.69) is 15.9 Å². The molecule has 0 saturated heterocycles. The van der Waals surface area contributed by atoms with E-state index in [1.54, 1.807) is 0 Å². The summed E-state index contributed by atoms with van der Waals surface area (Å²) in [6.45, 7) is 0. The van der Waals surface area contributed by atoms with Gasteiger partial charge in [0.1, 0.15) is 0 Å². The Morgan fingerprint density at radius 2 is 1.62 bits per heavy atom. The molecule has 1 aliphatic carbocycles. The van der Waals surface area contributed by atoms with Gasteiger partial charge in [0.25, 0.3) is 0 Å². The molecule has 0 amide bonds. The first kappa shape index (κ1) is 10.5. The molecule has 74 valence electrons. The van der Waals surface area contributed by atoms with Crippen LogP contribution in [0.3, 0.4) is 0 Å². The molecule has 3 atom stereocenters. The van der Waals surface area contributed by atoms with Crippen LogP contribution < -0.4 is 0 Å². The molecule has 0 aliphatic heterocycles. The van der Waals surface area contributed by atoms with E-state index in [-0.39, 0.29) is 4.83 Å². The van der Waals surface area contributed by atoms with E-state index in [1.807, 2.05) is 0 Å². The summed E-state index contributed by atoms with van der Waals surface area (Å²) < 4.78 is 0. The molecule has 0 bridgehead atoms. The van der Waals surface area contributed by atoms with Crippen LogP contribution in [-0.4, -0.2) is 27.0 Å². The van der Waals surface area contributed by atoms with Crippen molar-refractivity contribution in [2.45, 2.75) is 24.1 Å². The molecule has 3 unspecified atom stereocenters. The topological polar surface area (TPSA) is 74.6 Å². The van der Waals surface area contributed by atoms with Gasteiger partial charge < -0.3 is 10.2 Å². The fourth-order valence-corrected chi connectivity index (χ4v) is 2.35. The molecule has 13 heavy (non-hydrogen) atoms. The summed E-state index contributed by atoms with van der Waals surface area (Å²) in [5.41, 5.74) is 0. The monoisotopic (exact) mass is 250 g/mol. The van der Waals surface area contributed by atoms with Gasteiger partial charge in [0.05, 0.1) is 11.8 Å². The average molecular weight is 251 g/mol. The van der Waals surface area contributed by atoms with Crippen molar-refractivity contribution in [2.24, 2.45) is 11.8 Å². The molecule has 1 saturated carbocycles. The Morgan fingerprint density at radius 1 is 1.08 bits per heavy atom. The van der Waals surface area contributed by atoms with Gasteiger partial charge in [0.15, 0.2) is 0 Å². The maximum absolute atomic E-state index is 10.7. The van der Waals surface area contributed by atoms with E-state index >= 15 is 0 Å². The third-order valence-corrected chi connectivity index (χ3v) is 3.25. The standard InChI is InChI=1S/C8H11BrO4/c9-4-1-2-5(7(10)11)6(3-4)8(12)13/h4-6H,1-3H2,(H,10,11)(H,12,13). The van der Waals surface area contributed by atoms with Gasteiger partial charge in [-0.25, -0.2) is 0 Å². The first-order valence-electron chi connectivity index (χ1n) is 4.12. The molecule has 0 aromatic carbocycles. The van der Waals surface area contributed by atoms with Gasteiger partial charge in [-0.05, 0) is 19.3 Å². The number of halogens is 1. The second kappa shape index (κ2) is 4.09. The zero-order chi connectivity index (χ0) is 10.0. The maximum atomic E-state index is 10.7. The van der Waals surface area contributed by atoms with Crippen molar-refractivity contribution in [1.29, 1.82) is 0 Å². The second-order valence-electron chi connectivity index (χ2n) is 3.30. The number of hydrogen-bond donors (Lipinski definition) is 2. The lowest BCUT2D eigenvalue weighted by Gasteiger charge is -2.28. The van der Waals surface area contributed by atoms with Gasteiger partial charge in [-0.2, -0.15) is 0 Å². The van der Waals surface area contributed by atoms with Crippen LogP contribution in [0, 0.1) is 11.8 Å². The quantitative estimate of drug-likeness (QED) is 0.726. The molecule has 1 rings (SSSR count). The smallest absolute Gasteiger partial charge is 0.307 e. The lowest BCUT2D eigenvalue weighted by Crippen LogP contribution is -2.35. The molecule has 1 aliphatic rings. The van der Waals surface area contributed by atoms with Gasteiger partial charge >= 0.3 is 11.9 Å². The normalized spacial score (nSPS) is 34.1. The Hall–Kier alpha value is -0.580. The Morgan fingerprint density at radius 3 is 2.08 bits per heavy atom. The molecule has 0 radical (unpaired) electrons. The van der Waals surface area contributed by atoms with Gasteiger partial charge in [-0.15, -0.1) is 0 Å². The average Bonchev–Trinajstić information content (AvgIpc) is 2.03. The molecule has 0 heterocycles. The van der Waals surface area contributed by atoms with Crippen molar-refractivity contribution < 1.29 is 19.8 Å². The van der Waals surface area contributed by atoms with Crippen LogP contribution in [0.5, 0.6) is 0 Å². The summed E-state index contributed by atoms with van der Waals surface area (Å²) in [4.78, 5) is 21.6. The number of carboxylic acids is 2. The van der Waals surface area contributed by atoms with Crippen LogP contribution in [0.2, 0.25) is 0 Å². The van der Waals surface area contributed by atoms with E-state index in [4.69, 9.17) is 10.2 Å². The first-order chi connectivity index (χ1) is 6.02. The van der Waals surface area contributed by atoms with Crippen LogP contribution in [0.25, 0.3) is 0 Å². The Balaban J connectivity index is 2.72. The lowest BCUT2D eigenvalue weighted by molar-refractivity contribution is -0.155. The molecular weight excluding hydrogens is 240 g/mol. The van der Waals surface area contributed by atoms with Crippen molar-refractivity contribution in [2.75, 3.05) is 0 Å². The number of aliphatic carboxylic acids is 2. The number of rotatable bonds is 2. The highest BCUT2D eigenvalue weighted by atomic mass is 79.9. The summed E-state index contributed by atoms with van der Waals surface area (Å²) in [6, 6.07) is 0. The molecule has 0 aromatic heterocycles. The van der Waals surface area contributed by atoms with Crippen LogP contribution in [0.1, 0.15) is 19.3 Å². The van der Waals surface area contributed by atoms with E-state index in [0.717, 1.165) is 6.42 Å². The predicted molar refractivity (Wildman–Crippen MR) is 48.8 cm³/mol. The zero-order valence-corrected chi connectivity index (χ0v) is 8.53. The molecule has 2 N–H and O–H groups in total. The summed E-state index contributed by atoms with van der Waals surface area (Å²) in [5.74, 6) is -3.45. The molecule has 0 aromatic rings. The van der Waals surface area contributed by atoms with Crippen molar-refractivity contribution in [3.8, 4) is 0 Å². The summed E-state index contributed by atoms with van der Waals surface area (Å²) in [7, 11) is 0. The molecular formula is C8H11BrO4. The zero-order valence-electron chi connectivity index (χ0n) is 6.94. The number of hydrogen-bond acceptors (Lipinski definition) is 2. The Kier molecular flexibility index (Phi) is 3.30. The fraction of sp³-hybridized carbons (Fsp3) is 0.750. The van der Waals surface area contributed by atoms with Crippen molar-refractivity contribution in [3.05, 3.63) is 0 Å². The van der Waals surface area contributed by atoms with E-state index < -0.39 is 23.8 Å². The third-order valence-electron chi connectivity index (χ3n) is 2.42. The van der Waals surface area contributed by atoms with E-state index in [1.165, 1.54) is 0 Å². The fourth-order valence-electron chi connectivity index (χ4n) is 1.69. The minimum atomic E-state index is -1.00. The molecule has 5 heteroatoms. The predicted octanol–water partition coefficient (Wildman–Crippen LogP) is 1.34.